The second-order valence-electron chi connectivity index (χ2n) is 5.31. The van der Waals surface area contributed by atoms with Gasteiger partial charge in [-0.05, 0) is 25.0 Å². The Hall–Kier alpha value is -2.67. The van der Waals surface area contributed by atoms with E-state index in [0.717, 1.165) is 16.9 Å². The first-order valence-corrected chi connectivity index (χ1v) is 8.65. The van der Waals surface area contributed by atoms with Gasteiger partial charge in [-0.1, -0.05) is 37.3 Å². The summed E-state index contributed by atoms with van der Waals surface area (Å²) < 4.78 is 5.42. The van der Waals surface area contributed by atoms with E-state index in [2.05, 4.69) is 10.6 Å². The van der Waals surface area contributed by atoms with Gasteiger partial charge in [-0.3, -0.25) is 10.1 Å². The molecule has 1 atom stereocenters. The highest BCUT2D eigenvalue weighted by molar-refractivity contribution is 7.14. The number of amides is 3. The summed E-state index contributed by atoms with van der Waals surface area (Å²) in [7, 11) is 1.40. The average Bonchev–Trinajstić information content (AvgIpc) is 3.00. The summed E-state index contributed by atoms with van der Waals surface area (Å²) in [5.41, 5.74) is 1.56. The van der Waals surface area contributed by atoms with Crippen molar-refractivity contribution in [3.8, 4) is 0 Å². The first kappa shape index (κ1) is 18.7. The average molecular weight is 360 g/mol. The van der Waals surface area contributed by atoms with Gasteiger partial charge in [-0.15, -0.1) is 11.3 Å². The second kappa shape index (κ2) is 8.43. The highest BCUT2D eigenvalue weighted by Crippen LogP contribution is 2.26. The van der Waals surface area contributed by atoms with Crippen LogP contribution >= 0.6 is 11.3 Å². The highest BCUT2D eigenvalue weighted by Gasteiger charge is 2.27. The molecule has 2 rings (SSSR count). The molecule has 0 radical (unpaired) electrons. The van der Waals surface area contributed by atoms with E-state index in [9.17, 15) is 14.4 Å². The molecule has 1 heterocycles. The molecular formula is C18H20N2O4S. The number of ether oxygens (including phenoxy) is 1. The van der Waals surface area contributed by atoms with Crippen molar-refractivity contribution in [1.82, 2.24) is 10.6 Å². The molecule has 0 unspecified atom stereocenters. The van der Waals surface area contributed by atoms with Crippen molar-refractivity contribution < 1.29 is 19.1 Å². The van der Waals surface area contributed by atoms with Gasteiger partial charge in [0.2, 0.25) is 6.10 Å². The van der Waals surface area contributed by atoms with Gasteiger partial charge in [0.25, 0.3) is 5.91 Å². The number of aryl methyl sites for hydroxylation is 2. The van der Waals surface area contributed by atoms with E-state index in [0.29, 0.717) is 10.4 Å². The molecule has 3 amide bonds. The third kappa shape index (κ3) is 4.67. The SMILES string of the molecule is CCc1cc(C(=O)O[C@@H](C(=O)NC(=O)NC)c2ccccc2)sc1C. The molecule has 6 nitrogen and oxygen atoms in total. The molecule has 1 aromatic heterocycles. The van der Waals surface area contributed by atoms with Crippen LogP contribution in [0.2, 0.25) is 0 Å². The van der Waals surface area contributed by atoms with E-state index < -0.39 is 24.0 Å². The van der Waals surface area contributed by atoms with E-state index in [1.165, 1.54) is 18.4 Å². The van der Waals surface area contributed by atoms with Crippen molar-refractivity contribution in [3.05, 3.63) is 57.3 Å². The van der Waals surface area contributed by atoms with E-state index in [-0.39, 0.29) is 0 Å². The van der Waals surface area contributed by atoms with Crippen molar-refractivity contribution in [2.75, 3.05) is 7.05 Å². The maximum absolute atomic E-state index is 12.5. The molecule has 7 heteroatoms. The fraction of sp³-hybridized carbons (Fsp3) is 0.278. The van der Waals surface area contributed by atoms with Crippen molar-refractivity contribution in [1.29, 1.82) is 0 Å². The van der Waals surface area contributed by atoms with Crippen LogP contribution in [-0.4, -0.2) is 25.0 Å². The van der Waals surface area contributed by atoms with Crippen molar-refractivity contribution in [2.24, 2.45) is 0 Å². The number of rotatable bonds is 5. The smallest absolute Gasteiger partial charge is 0.349 e. The molecule has 0 aliphatic rings. The summed E-state index contributed by atoms with van der Waals surface area (Å²) in [6.45, 7) is 3.95. The van der Waals surface area contributed by atoms with E-state index in [1.54, 1.807) is 36.4 Å². The fourth-order valence-electron chi connectivity index (χ4n) is 2.28. The minimum atomic E-state index is -1.21. The monoisotopic (exact) mass is 360 g/mol. The van der Waals surface area contributed by atoms with Gasteiger partial charge in [0, 0.05) is 17.5 Å². The Morgan fingerprint density at radius 2 is 1.88 bits per heavy atom. The molecule has 0 saturated heterocycles. The van der Waals surface area contributed by atoms with Gasteiger partial charge in [0.1, 0.15) is 4.88 Å². The zero-order valence-electron chi connectivity index (χ0n) is 14.3. The van der Waals surface area contributed by atoms with Crippen LogP contribution in [0.1, 0.15) is 38.7 Å². The lowest BCUT2D eigenvalue weighted by Gasteiger charge is -2.17. The molecular weight excluding hydrogens is 340 g/mol. The number of hydrogen-bond donors (Lipinski definition) is 2. The topological polar surface area (TPSA) is 84.5 Å². The highest BCUT2D eigenvalue weighted by atomic mass is 32.1. The summed E-state index contributed by atoms with van der Waals surface area (Å²) in [5.74, 6) is -1.29. The predicted molar refractivity (Wildman–Crippen MR) is 95.6 cm³/mol. The Balaban J connectivity index is 2.24. The van der Waals surface area contributed by atoms with Gasteiger partial charge in [-0.2, -0.15) is 0 Å². The zero-order chi connectivity index (χ0) is 18.4. The minimum absolute atomic E-state index is 0.433. The number of urea groups is 1. The van der Waals surface area contributed by atoms with E-state index in [4.69, 9.17) is 4.74 Å². The van der Waals surface area contributed by atoms with Crippen LogP contribution in [0.4, 0.5) is 4.79 Å². The van der Waals surface area contributed by atoms with Gasteiger partial charge in [-0.25, -0.2) is 9.59 Å². The quantitative estimate of drug-likeness (QED) is 0.803. The third-order valence-corrected chi connectivity index (χ3v) is 4.70. The van der Waals surface area contributed by atoms with Gasteiger partial charge < -0.3 is 10.1 Å². The Morgan fingerprint density at radius 1 is 1.20 bits per heavy atom. The normalized spacial score (nSPS) is 11.5. The summed E-state index contributed by atoms with van der Waals surface area (Å²) in [6.07, 6.45) is -0.395. The predicted octanol–water partition coefficient (Wildman–Crippen LogP) is 2.97. The van der Waals surface area contributed by atoms with Crippen molar-refractivity contribution in [2.45, 2.75) is 26.4 Å². The molecule has 0 saturated carbocycles. The van der Waals surface area contributed by atoms with Crippen LogP contribution in [0.3, 0.4) is 0 Å². The number of carbonyl (C=O) groups excluding carboxylic acids is 3. The summed E-state index contributed by atoms with van der Waals surface area (Å²) in [6, 6.07) is 9.69. The van der Waals surface area contributed by atoms with Gasteiger partial charge in [0.15, 0.2) is 0 Å². The molecule has 0 bridgehead atoms. The molecule has 0 fully saturated rings. The van der Waals surface area contributed by atoms with E-state index >= 15 is 0 Å². The number of carbonyl (C=O) groups is 3. The standard InChI is InChI=1S/C18H20N2O4S/c1-4-12-10-14(25-11(12)2)17(22)24-15(13-8-6-5-7-9-13)16(21)20-18(23)19-3/h5-10,15H,4H2,1-3H3,(H2,19,20,21,23)/t15-/m1/s1. The maximum atomic E-state index is 12.5. The zero-order valence-corrected chi connectivity index (χ0v) is 15.1. The Kier molecular flexibility index (Phi) is 6.30. The molecule has 2 aromatic rings. The first-order chi connectivity index (χ1) is 12.0. The van der Waals surface area contributed by atoms with Crippen LogP contribution < -0.4 is 10.6 Å². The molecule has 1 aromatic carbocycles. The first-order valence-electron chi connectivity index (χ1n) is 7.84. The van der Waals surface area contributed by atoms with Crippen LogP contribution in [0.15, 0.2) is 36.4 Å². The molecule has 0 spiro atoms. The fourth-order valence-corrected chi connectivity index (χ4v) is 3.27. The molecule has 132 valence electrons. The Labute approximate surface area is 150 Å². The number of nitrogens with one attached hydrogen (secondary N) is 2. The summed E-state index contributed by atoms with van der Waals surface area (Å²) in [4.78, 5) is 37.7. The summed E-state index contributed by atoms with van der Waals surface area (Å²) >= 11 is 1.33. The number of hydrogen-bond acceptors (Lipinski definition) is 5. The second-order valence-corrected chi connectivity index (χ2v) is 6.57. The number of benzene rings is 1. The van der Waals surface area contributed by atoms with Gasteiger partial charge >= 0.3 is 12.0 Å². The summed E-state index contributed by atoms with van der Waals surface area (Å²) in [5, 5.41) is 4.45. The molecule has 25 heavy (non-hydrogen) atoms. The van der Waals surface area contributed by atoms with E-state index in [1.807, 2.05) is 13.8 Å². The van der Waals surface area contributed by atoms with Crippen LogP contribution in [0.5, 0.6) is 0 Å². The Morgan fingerprint density at radius 3 is 2.44 bits per heavy atom. The number of thiophene rings is 1. The molecule has 0 aliphatic heterocycles. The van der Waals surface area contributed by atoms with Crippen molar-refractivity contribution >= 4 is 29.2 Å². The molecule has 2 N–H and O–H groups in total. The van der Waals surface area contributed by atoms with Gasteiger partial charge in [0.05, 0.1) is 0 Å². The largest absolute Gasteiger partial charge is 0.443 e. The van der Waals surface area contributed by atoms with Crippen LogP contribution in [0, 0.1) is 6.92 Å². The third-order valence-electron chi connectivity index (χ3n) is 3.63. The van der Waals surface area contributed by atoms with Crippen molar-refractivity contribution in [3.63, 3.8) is 0 Å². The lowest BCUT2D eigenvalue weighted by atomic mass is 10.1. The maximum Gasteiger partial charge on any atom is 0.349 e. The lowest BCUT2D eigenvalue weighted by Crippen LogP contribution is -2.41. The number of imide groups is 1. The number of esters is 1. The van der Waals surface area contributed by atoms with Crippen LogP contribution in [-0.2, 0) is 16.0 Å². The molecule has 0 aliphatic carbocycles. The minimum Gasteiger partial charge on any atom is -0.443 e. The lowest BCUT2D eigenvalue weighted by molar-refractivity contribution is -0.129. The van der Waals surface area contributed by atoms with Crippen LogP contribution in [0.25, 0.3) is 0 Å². The Bertz CT molecular complexity index is 771.